The summed E-state index contributed by atoms with van der Waals surface area (Å²) in [5.74, 6) is 0.732. The highest BCUT2D eigenvalue weighted by atomic mass is 35.5. The van der Waals surface area contributed by atoms with Gasteiger partial charge in [-0.1, -0.05) is 41.9 Å². The fraction of sp³-hybridized carbons (Fsp3) is 0.435. The zero-order valence-corrected chi connectivity index (χ0v) is 16.4. The summed E-state index contributed by atoms with van der Waals surface area (Å²) >= 11 is 5.98. The maximum Gasteiger partial charge on any atom is 0.254 e. The van der Waals surface area contributed by atoms with Gasteiger partial charge in [-0.25, -0.2) is 0 Å². The number of hydrogen-bond acceptors (Lipinski definition) is 2. The Kier molecular flexibility index (Phi) is 5.80. The molecule has 2 aliphatic heterocycles. The van der Waals surface area contributed by atoms with Crippen LogP contribution in [-0.4, -0.2) is 41.4 Å². The van der Waals surface area contributed by atoms with Gasteiger partial charge >= 0.3 is 0 Å². The molecule has 0 saturated carbocycles. The number of hydrogen-bond donors (Lipinski definition) is 0. The molecule has 142 valence electrons. The first-order valence-corrected chi connectivity index (χ1v) is 10.4. The molecule has 0 aliphatic carbocycles. The van der Waals surface area contributed by atoms with Crippen LogP contribution in [0.1, 0.15) is 41.6 Å². The molecule has 4 rings (SSSR count). The number of carbonyl (C=O) groups excluding carboxylic acids is 1. The first-order valence-electron chi connectivity index (χ1n) is 10.0. The topological polar surface area (TPSA) is 23.6 Å². The highest BCUT2D eigenvalue weighted by Crippen LogP contribution is 2.32. The average Bonchev–Trinajstić information content (AvgIpc) is 3.19. The maximum atomic E-state index is 13.1. The van der Waals surface area contributed by atoms with E-state index in [0.717, 1.165) is 44.6 Å². The largest absolute Gasteiger partial charge is 0.335 e. The highest BCUT2D eigenvalue weighted by molar-refractivity contribution is 6.30. The normalized spacial score (nSPS) is 23.5. The Labute approximate surface area is 166 Å². The molecular formula is C23H27ClN2O. The molecule has 0 aromatic heterocycles. The van der Waals surface area contributed by atoms with Crippen LogP contribution in [0.2, 0.25) is 5.02 Å². The second-order valence-corrected chi connectivity index (χ2v) is 8.27. The van der Waals surface area contributed by atoms with E-state index < -0.39 is 0 Å². The van der Waals surface area contributed by atoms with Crippen molar-refractivity contribution in [3.63, 3.8) is 0 Å². The van der Waals surface area contributed by atoms with E-state index in [1.807, 2.05) is 24.3 Å². The Morgan fingerprint density at radius 3 is 2.48 bits per heavy atom. The van der Waals surface area contributed by atoms with Crippen LogP contribution in [-0.2, 0) is 6.54 Å². The number of benzene rings is 2. The fourth-order valence-corrected chi connectivity index (χ4v) is 4.81. The minimum atomic E-state index is 0.161. The van der Waals surface area contributed by atoms with Crippen LogP contribution >= 0.6 is 11.6 Å². The molecule has 0 radical (unpaired) electrons. The van der Waals surface area contributed by atoms with Gasteiger partial charge in [0.25, 0.3) is 5.91 Å². The number of nitrogens with zero attached hydrogens (tertiary/aromatic N) is 2. The molecule has 0 spiro atoms. The monoisotopic (exact) mass is 382 g/mol. The van der Waals surface area contributed by atoms with Crippen molar-refractivity contribution < 1.29 is 4.79 Å². The number of likely N-dealkylation sites (tertiary alicyclic amines) is 2. The summed E-state index contributed by atoms with van der Waals surface area (Å²) in [6, 6.07) is 18.4. The molecule has 4 heteroatoms. The number of halogens is 1. The quantitative estimate of drug-likeness (QED) is 0.754. The van der Waals surface area contributed by atoms with Gasteiger partial charge in [0.2, 0.25) is 0 Å². The van der Waals surface area contributed by atoms with Crippen LogP contribution in [0, 0.1) is 5.92 Å². The Morgan fingerprint density at radius 1 is 0.963 bits per heavy atom. The van der Waals surface area contributed by atoms with Crippen molar-refractivity contribution in [2.45, 2.75) is 38.3 Å². The summed E-state index contributed by atoms with van der Waals surface area (Å²) in [5, 5.41) is 0.674. The average molecular weight is 383 g/mol. The lowest BCUT2D eigenvalue weighted by atomic mass is 9.88. The zero-order valence-electron chi connectivity index (χ0n) is 15.7. The van der Waals surface area contributed by atoms with Crippen molar-refractivity contribution >= 4 is 17.5 Å². The predicted octanol–water partition coefficient (Wildman–Crippen LogP) is 4.86. The lowest BCUT2D eigenvalue weighted by Gasteiger charge is -2.39. The van der Waals surface area contributed by atoms with E-state index in [2.05, 4.69) is 40.1 Å². The Hall–Kier alpha value is -1.84. The van der Waals surface area contributed by atoms with E-state index in [1.54, 1.807) is 0 Å². The third-order valence-corrected chi connectivity index (χ3v) is 6.24. The van der Waals surface area contributed by atoms with Gasteiger partial charge in [-0.3, -0.25) is 9.69 Å². The summed E-state index contributed by atoms with van der Waals surface area (Å²) in [4.78, 5) is 17.7. The number of piperidine rings is 1. The molecule has 2 aliphatic rings. The van der Waals surface area contributed by atoms with Crippen LogP contribution in [0.5, 0.6) is 0 Å². The zero-order chi connectivity index (χ0) is 18.6. The van der Waals surface area contributed by atoms with Crippen molar-refractivity contribution in [1.29, 1.82) is 0 Å². The lowest BCUT2D eigenvalue weighted by molar-refractivity contribution is 0.0589. The smallest absolute Gasteiger partial charge is 0.254 e. The molecular weight excluding hydrogens is 356 g/mol. The summed E-state index contributed by atoms with van der Waals surface area (Å²) in [6.07, 6.45) is 4.68. The summed E-state index contributed by atoms with van der Waals surface area (Å²) < 4.78 is 0. The molecule has 2 fully saturated rings. The molecule has 0 unspecified atom stereocenters. The molecule has 0 N–H and O–H groups in total. The van der Waals surface area contributed by atoms with Gasteiger partial charge < -0.3 is 4.90 Å². The molecule has 2 aromatic carbocycles. The number of amides is 1. The van der Waals surface area contributed by atoms with Crippen molar-refractivity contribution in [1.82, 2.24) is 9.80 Å². The molecule has 2 aromatic rings. The van der Waals surface area contributed by atoms with Gasteiger partial charge in [0, 0.05) is 36.3 Å². The first-order chi connectivity index (χ1) is 13.2. The predicted molar refractivity (Wildman–Crippen MR) is 110 cm³/mol. The van der Waals surface area contributed by atoms with Crippen LogP contribution < -0.4 is 0 Å². The third-order valence-electron chi connectivity index (χ3n) is 5.99. The molecule has 27 heavy (non-hydrogen) atoms. The minimum Gasteiger partial charge on any atom is -0.335 e. The van der Waals surface area contributed by atoms with Gasteiger partial charge in [-0.2, -0.15) is 0 Å². The molecule has 2 heterocycles. The molecule has 1 amide bonds. The van der Waals surface area contributed by atoms with Gasteiger partial charge in [-0.05, 0) is 68.0 Å². The van der Waals surface area contributed by atoms with Gasteiger partial charge in [-0.15, -0.1) is 0 Å². The van der Waals surface area contributed by atoms with Crippen molar-refractivity contribution in [3.05, 3.63) is 70.7 Å². The molecule has 2 atom stereocenters. The first kappa shape index (κ1) is 18.5. The van der Waals surface area contributed by atoms with Gasteiger partial charge in [0.05, 0.1) is 0 Å². The van der Waals surface area contributed by atoms with E-state index in [4.69, 9.17) is 11.6 Å². The van der Waals surface area contributed by atoms with Gasteiger partial charge in [0.15, 0.2) is 0 Å². The van der Waals surface area contributed by atoms with E-state index in [1.165, 1.54) is 18.4 Å². The number of rotatable bonds is 4. The van der Waals surface area contributed by atoms with Crippen molar-refractivity contribution in [3.8, 4) is 0 Å². The second-order valence-electron chi connectivity index (χ2n) is 7.84. The van der Waals surface area contributed by atoms with E-state index in [9.17, 15) is 4.79 Å². The number of carbonyl (C=O) groups is 1. The second kappa shape index (κ2) is 8.45. The summed E-state index contributed by atoms with van der Waals surface area (Å²) in [7, 11) is 0. The highest BCUT2D eigenvalue weighted by Gasteiger charge is 2.37. The van der Waals surface area contributed by atoms with Crippen LogP contribution in [0.3, 0.4) is 0 Å². The summed E-state index contributed by atoms with van der Waals surface area (Å²) in [6.45, 7) is 4.13. The maximum absolute atomic E-state index is 13.1. The van der Waals surface area contributed by atoms with Crippen LogP contribution in [0.4, 0.5) is 0 Å². The SMILES string of the molecule is O=C(c1ccc(Cl)cc1)N1CCC[C@@H]1[C@H]1CCCN(Cc2ccccc2)C1. The molecule has 0 bridgehead atoms. The van der Waals surface area contributed by atoms with E-state index in [0.29, 0.717) is 17.0 Å². The van der Waals surface area contributed by atoms with E-state index >= 15 is 0 Å². The van der Waals surface area contributed by atoms with E-state index in [-0.39, 0.29) is 5.91 Å². The molecule has 3 nitrogen and oxygen atoms in total. The Bertz CT molecular complexity index is 762. The van der Waals surface area contributed by atoms with Gasteiger partial charge in [0.1, 0.15) is 0 Å². The lowest BCUT2D eigenvalue weighted by Crippen LogP contribution is -2.46. The molecule has 2 saturated heterocycles. The fourth-order valence-electron chi connectivity index (χ4n) is 4.68. The van der Waals surface area contributed by atoms with Crippen molar-refractivity contribution in [2.24, 2.45) is 5.92 Å². The summed E-state index contributed by atoms with van der Waals surface area (Å²) in [5.41, 5.74) is 2.13. The standard InChI is InChI=1S/C23H27ClN2O/c24-21-12-10-19(11-13-21)23(27)26-15-5-9-22(26)20-8-4-14-25(17-20)16-18-6-2-1-3-7-18/h1-3,6-7,10-13,20,22H,4-5,8-9,14-17H2/t20-,22+/m0/s1. The van der Waals surface area contributed by atoms with Crippen LogP contribution in [0.25, 0.3) is 0 Å². The Balaban J connectivity index is 1.43. The minimum absolute atomic E-state index is 0.161. The Morgan fingerprint density at radius 2 is 1.70 bits per heavy atom. The van der Waals surface area contributed by atoms with Crippen molar-refractivity contribution in [2.75, 3.05) is 19.6 Å². The third kappa shape index (κ3) is 4.36. The van der Waals surface area contributed by atoms with Crippen LogP contribution in [0.15, 0.2) is 54.6 Å².